The van der Waals surface area contributed by atoms with Gasteiger partial charge in [-0.3, -0.25) is 9.59 Å². The molecule has 0 saturated carbocycles. The second-order valence-corrected chi connectivity index (χ2v) is 8.12. The lowest BCUT2D eigenvalue weighted by atomic mass is 9.92. The number of amides is 2. The van der Waals surface area contributed by atoms with Crippen LogP contribution in [0.5, 0.6) is 0 Å². The van der Waals surface area contributed by atoms with E-state index in [1.807, 2.05) is 45.0 Å². The first kappa shape index (κ1) is 21.6. The summed E-state index contributed by atoms with van der Waals surface area (Å²) in [6, 6.07) is 12.3. The highest BCUT2D eigenvalue weighted by Crippen LogP contribution is 2.26. The average Bonchev–Trinajstić information content (AvgIpc) is 2.73. The highest BCUT2D eigenvalue weighted by molar-refractivity contribution is 5.99. The molecule has 158 valence electrons. The number of hydrogen-bond donors (Lipinski definition) is 1. The van der Waals surface area contributed by atoms with Gasteiger partial charge in [0.2, 0.25) is 11.8 Å². The number of rotatable bonds is 5. The Hall–Kier alpha value is -3.15. The molecule has 1 unspecified atom stereocenters. The summed E-state index contributed by atoms with van der Waals surface area (Å²) in [4.78, 5) is 39.7. The topological polar surface area (TPSA) is 75.7 Å². The maximum absolute atomic E-state index is 13.3. The van der Waals surface area contributed by atoms with Crippen molar-refractivity contribution in [1.82, 2.24) is 4.90 Å². The zero-order valence-corrected chi connectivity index (χ0v) is 17.9. The molecule has 2 aromatic rings. The van der Waals surface area contributed by atoms with Crippen LogP contribution in [0.1, 0.15) is 47.3 Å². The molecule has 2 amide bonds. The van der Waals surface area contributed by atoms with Gasteiger partial charge >= 0.3 is 5.97 Å². The largest absolute Gasteiger partial charge is 0.465 e. The van der Waals surface area contributed by atoms with Gasteiger partial charge in [0, 0.05) is 25.1 Å². The molecule has 0 aliphatic carbocycles. The van der Waals surface area contributed by atoms with Crippen molar-refractivity contribution in [2.75, 3.05) is 12.4 Å². The van der Waals surface area contributed by atoms with E-state index in [-0.39, 0.29) is 17.7 Å². The van der Waals surface area contributed by atoms with Crippen molar-refractivity contribution in [2.24, 2.45) is 5.92 Å². The first-order valence-corrected chi connectivity index (χ1v) is 10.2. The van der Waals surface area contributed by atoms with Crippen LogP contribution in [0.2, 0.25) is 0 Å². The molecule has 6 nitrogen and oxygen atoms in total. The fourth-order valence-corrected chi connectivity index (χ4v) is 3.70. The first-order chi connectivity index (χ1) is 14.3. The van der Waals surface area contributed by atoms with E-state index in [4.69, 9.17) is 4.74 Å². The molecule has 0 bridgehead atoms. The standard InChI is InChI=1S/C24H28N2O4/c1-15(2)11-22(27)26-14-19-8-6-5-7-17(19)13-21(26)23(28)25-20-12-18(24(29)30-4)10-9-16(20)3/h5-10,12,15,21H,11,13-14H2,1-4H3,(H,25,28). The van der Waals surface area contributed by atoms with Gasteiger partial charge in [0.05, 0.1) is 12.7 Å². The Morgan fingerprint density at radius 1 is 1.13 bits per heavy atom. The Labute approximate surface area is 177 Å². The number of carbonyl (C=O) groups is 3. The number of ether oxygens (including phenoxy) is 1. The van der Waals surface area contributed by atoms with Crippen molar-refractivity contribution in [1.29, 1.82) is 0 Å². The summed E-state index contributed by atoms with van der Waals surface area (Å²) < 4.78 is 4.77. The summed E-state index contributed by atoms with van der Waals surface area (Å²) >= 11 is 0. The summed E-state index contributed by atoms with van der Waals surface area (Å²) in [6.07, 6.45) is 0.852. The minimum atomic E-state index is -0.604. The van der Waals surface area contributed by atoms with Gasteiger partial charge in [0.15, 0.2) is 0 Å². The number of aryl methyl sites for hydroxylation is 1. The lowest BCUT2D eigenvalue weighted by Crippen LogP contribution is -2.50. The summed E-state index contributed by atoms with van der Waals surface area (Å²) in [5.41, 5.74) is 3.87. The van der Waals surface area contributed by atoms with E-state index < -0.39 is 12.0 Å². The van der Waals surface area contributed by atoms with E-state index in [1.165, 1.54) is 7.11 Å². The number of hydrogen-bond acceptors (Lipinski definition) is 4. The third-order valence-corrected chi connectivity index (χ3v) is 5.37. The summed E-state index contributed by atoms with van der Waals surface area (Å²) in [5.74, 6) is -0.547. The Bertz CT molecular complexity index is 967. The minimum absolute atomic E-state index is 0.0281. The van der Waals surface area contributed by atoms with Crippen molar-refractivity contribution in [3.8, 4) is 0 Å². The van der Waals surface area contributed by atoms with Gasteiger partial charge in [-0.2, -0.15) is 0 Å². The van der Waals surface area contributed by atoms with Crippen molar-refractivity contribution >= 4 is 23.5 Å². The summed E-state index contributed by atoms with van der Waals surface area (Å²) in [5, 5.41) is 2.93. The number of esters is 1. The predicted molar refractivity (Wildman–Crippen MR) is 115 cm³/mol. The number of carbonyl (C=O) groups excluding carboxylic acids is 3. The van der Waals surface area contributed by atoms with Crippen molar-refractivity contribution in [2.45, 2.75) is 46.2 Å². The number of nitrogens with zero attached hydrogens (tertiary/aromatic N) is 1. The predicted octanol–water partition coefficient (Wildman–Crippen LogP) is 3.72. The maximum atomic E-state index is 13.3. The van der Waals surface area contributed by atoms with E-state index in [0.717, 1.165) is 16.7 Å². The normalized spacial score (nSPS) is 15.5. The van der Waals surface area contributed by atoms with Crippen LogP contribution >= 0.6 is 0 Å². The Morgan fingerprint density at radius 2 is 1.83 bits per heavy atom. The molecule has 0 radical (unpaired) electrons. The first-order valence-electron chi connectivity index (χ1n) is 10.2. The van der Waals surface area contributed by atoms with E-state index >= 15 is 0 Å². The molecular formula is C24H28N2O4. The Balaban J connectivity index is 1.88. The van der Waals surface area contributed by atoms with Crippen LogP contribution in [0.15, 0.2) is 42.5 Å². The molecule has 1 N–H and O–H groups in total. The number of fused-ring (bicyclic) bond motifs is 1. The molecule has 6 heteroatoms. The highest BCUT2D eigenvalue weighted by Gasteiger charge is 2.34. The third kappa shape index (κ3) is 4.70. The zero-order chi connectivity index (χ0) is 21.8. The number of nitrogens with one attached hydrogen (secondary N) is 1. The monoisotopic (exact) mass is 408 g/mol. The van der Waals surface area contributed by atoms with Gasteiger partial charge in [0.1, 0.15) is 6.04 Å². The summed E-state index contributed by atoms with van der Waals surface area (Å²) in [6.45, 7) is 6.26. The molecule has 0 fully saturated rings. The van der Waals surface area contributed by atoms with Gasteiger partial charge in [-0.25, -0.2) is 4.79 Å². The number of methoxy groups -OCH3 is 1. The molecule has 1 heterocycles. The van der Waals surface area contributed by atoms with Crippen LogP contribution in [0.4, 0.5) is 5.69 Å². The van der Waals surface area contributed by atoms with Gasteiger partial charge in [0.25, 0.3) is 0 Å². The zero-order valence-electron chi connectivity index (χ0n) is 17.9. The fourth-order valence-electron chi connectivity index (χ4n) is 3.70. The Morgan fingerprint density at radius 3 is 2.50 bits per heavy atom. The summed E-state index contributed by atoms with van der Waals surface area (Å²) in [7, 11) is 1.32. The van der Waals surface area contributed by atoms with Gasteiger partial charge in [-0.1, -0.05) is 44.2 Å². The van der Waals surface area contributed by atoms with Crippen LogP contribution in [0.3, 0.4) is 0 Å². The van der Waals surface area contributed by atoms with Crippen molar-refractivity contribution in [3.63, 3.8) is 0 Å². The number of anilines is 1. The van der Waals surface area contributed by atoms with Crippen LogP contribution in [0.25, 0.3) is 0 Å². The lowest BCUT2D eigenvalue weighted by Gasteiger charge is -2.36. The SMILES string of the molecule is COC(=O)c1ccc(C)c(NC(=O)C2Cc3ccccc3CN2C(=O)CC(C)C)c1. The molecule has 2 aromatic carbocycles. The molecule has 1 atom stereocenters. The maximum Gasteiger partial charge on any atom is 0.337 e. The van der Waals surface area contributed by atoms with E-state index in [2.05, 4.69) is 5.32 Å². The Kier molecular flexibility index (Phi) is 6.55. The second-order valence-electron chi connectivity index (χ2n) is 8.12. The molecule has 0 saturated heterocycles. The molecule has 3 rings (SSSR count). The van der Waals surface area contributed by atoms with Crippen LogP contribution in [-0.4, -0.2) is 35.8 Å². The van der Waals surface area contributed by atoms with Gasteiger partial charge in [-0.15, -0.1) is 0 Å². The van der Waals surface area contributed by atoms with Crippen LogP contribution in [-0.2, 0) is 27.3 Å². The molecule has 1 aliphatic rings. The molecule has 30 heavy (non-hydrogen) atoms. The number of benzene rings is 2. The molecular weight excluding hydrogens is 380 g/mol. The molecule has 0 aromatic heterocycles. The quantitative estimate of drug-likeness (QED) is 0.765. The highest BCUT2D eigenvalue weighted by atomic mass is 16.5. The third-order valence-electron chi connectivity index (χ3n) is 5.37. The van der Waals surface area contributed by atoms with E-state index in [0.29, 0.717) is 30.6 Å². The fraction of sp³-hybridized carbons (Fsp3) is 0.375. The van der Waals surface area contributed by atoms with Crippen molar-refractivity contribution in [3.05, 3.63) is 64.7 Å². The van der Waals surface area contributed by atoms with Crippen LogP contribution < -0.4 is 5.32 Å². The van der Waals surface area contributed by atoms with Crippen LogP contribution in [0, 0.1) is 12.8 Å². The van der Waals surface area contributed by atoms with E-state index in [9.17, 15) is 14.4 Å². The van der Waals surface area contributed by atoms with Gasteiger partial charge in [-0.05, 0) is 41.7 Å². The van der Waals surface area contributed by atoms with Crippen molar-refractivity contribution < 1.29 is 19.1 Å². The second kappa shape index (κ2) is 9.11. The lowest BCUT2D eigenvalue weighted by molar-refractivity contribution is -0.140. The van der Waals surface area contributed by atoms with Gasteiger partial charge < -0.3 is 15.0 Å². The van der Waals surface area contributed by atoms with E-state index in [1.54, 1.807) is 23.1 Å². The minimum Gasteiger partial charge on any atom is -0.465 e. The average molecular weight is 408 g/mol. The molecule has 0 spiro atoms. The molecule has 1 aliphatic heterocycles. The smallest absolute Gasteiger partial charge is 0.337 e.